The highest BCUT2D eigenvalue weighted by Gasteiger charge is 2.69. The Hall–Kier alpha value is -3.95. The molecular weight excluding hydrogens is 558 g/mol. The fraction of sp³-hybridized carbons (Fsp3) is 0.457. The van der Waals surface area contributed by atoms with Crippen molar-refractivity contribution in [2.45, 2.75) is 59.0 Å². The second kappa shape index (κ2) is 10.0. The lowest BCUT2D eigenvalue weighted by molar-refractivity contribution is -0.144. The number of carbonyl (C=O) groups is 3. The van der Waals surface area contributed by atoms with E-state index < -0.39 is 56.9 Å². The Bertz CT molecular complexity index is 1670. The standard InChI is InChI=1S/C35H41N3O6/c1-33-16-22-21(20-10-8-19(9-11-20)17-38-14-6-7-15-38)12-13-23(39)24(22)27(40)26(33)31(43)35(3)30(42)25(32(36)44)28(41)29(37(4)5)34(35,2)18-33/h8-13,29,39,41,43H,6-7,14-18H2,1-5H3,(H2,36,44)/t29?,33-,34-,35?/m0/s1. The zero-order valence-electron chi connectivity index (χ0n) is 26.0. The molecule has 2 aromatic rings. The molecular formula is C35H41N3O6. The number of likely N-dealkylation sites (N-methyl/N-ethyl adjacent to an activating group) is 1. The van der Waals surface area contributed by atoms with E-state index in [1.807, 2.05) is 32.0 Å². The molecule has 44 heavy (non-hydrogen) atoms. The van der Waals surface area contributed by atoms with E-state index in [9.17, 15) is 29.7 Å². The molecule has 0 saturated carbocycles. The van der Waals surface area contributed by atoms with Gasteiger partial charge in [0.1, 0.15) is 22.8 Å². The van der Waals surface area contributed by atoms with Crippen LogP contribution >= 0.6 is 0 Å². The van der Waals surface area contributed by atoms with Crippen LogP contribution in [0.15, 0.2) is 59.1 Å². The lowest BCUT2D eigenvalue weighted by Crippen LogP contribution is -2.65. The van der Waals surface area contributed by atoms with Crippen molar-refractivity contribution >= 4 is 17.5 Å². The molecule has 1 aliphatic heterocycles. The van der Waals surface area contributed by atoms with Crippen LogP contribution in [-0.2, 0) is 22.6 Å². The van der Waals surface area contributed by atoms with Gasteiger partial charge in [-0.05, 0) is 88.1 Å². The smallest absolute Gasteiger partial charge is 0.255 e. The molecule has 6 rings (SSSR count). The molecule has 9 heteroatoms. The third-order valence-electron chi connectivity index (χ3n) is 11.0. The minimum atomic E-state index is -1.74. The minimum absolute atomic E-state index is 0.0504. The Kier molecular flexibility index (Phi) is 6.86. The van der Waals surface area contributed by atoms with Crippen LogP contribution in [0.2, 0.25) is 0 Å². The van der Waals surface area contributed by atoms with Crippen molar-refractivity contribution in [1.82, 2.24) is 9.80 Å². The molecule has 0 bridgehead atoms. The molecule has 4 atom stereocenters. The minimum Gasteiger partial charge on any atom is -0.511 e. The molecule has 2 aromatic carbocycles. The second-order valence-corrected chi connectivity index (χ2v) is 14.0. The number of aliphatic hydroxyl groups is 2. The number of likely N-dealkylation sites (tertiary alicyclic amines) is 1. The highest BCUT2D eigenvalue weighted by atomic mass is 16.3. The van der Waals surface area contributed by atoms with Crippen molar-refractivity contribution in [3.63, 3.8) is 0 Å². The van der Waals surface area contributed by atoms with Gasteiger partial charge in [0, 0.05) is 22.9 Å². The maximum atomic E-state index is 14.4. The molecule has 1 heterocycles. The Morgan fingerprint density at radius 3 is 2.23 bits per heavy atom. The number of nitrogens with zero attached hydrogens (tertiary/aromatic N) is 2. The number of phenols is 1. The Morgan fingerprint density at radius 2 is 1.64 bits per heavy atom. The molecule has 0 spiro atoms. The van der Waals surface area contributed by atoms with Crippen molar-refractivity contribution in [2.24, 2.45) is 22.0 Å². The van der Waals surface area contributed by atoms with Crippen molar-refractivity contribution < 1.29 is 29.7 Å². The summed E-state index contributed by atoms with van der Waals surface area (Å²) in [6, 6.07) is 10.8. The maximum absolute atomic E-state index is 14.4. The van der Waals surface area contributed by atoms with Crippen LogP contribution in [0, 0.1) is 16.2 Å². The predicted molar refractivity (Wildman–Crippen MR) is 166 cm³/mol. The van der Waals surface area contributed by atoms with E-state index in [0.717, 1.165) is 30.8 Å². The number of rotatable bonds is 5. The number of carbonyl (C=O) groups excluding carboxylic acids is 3. The second-order valence-electron chi connectivity index (χ2n) is 14.0. The molecule has 1 amide bonds. The largest absolute Gasteiger partial charge is 0.511 e. The number of benzene rings is 2. The molecule has 0 aromatic heterocycles. The lowest BCUT2D eigenvalue weighted by atomic mass is 9.43. The third kappa shape index (κ3) is 4.02. The van der Waals surface area contributed by atoms with Crippen molar-refractivity contribution in [2.75, 3.05) is 27.2 Å². The number of hydrogen-bond acceptors (Lipinski definition) is 8. The number of fused-ring (bicyclic) bond motifs is 3. The monoisotopic (exact) mass is 599 g/mol. The summed E-state index contributed by atoms with van der Waals surface area (Å²) in [5.74, 6) is -3.53. The fourth-order valence-corrected chi connectivity index (χ4v) is 8.86. The number of amides is 1. The van der Waals surface area contributed by atoms with Crippen molar-refractivity contribution in [3.05, 3.63) is 75.8 Å². The summed E-state index contributed by atoms with van der Waals surface area (Å²) in [6.07, 6.45) is 2.98. The van der Waals surface area contributed by atoms with E-state index in [4.69, 9.17) is 5.73 Å². The summed E-state index contributed by atoms with van der Waals surface area (Å²) < 4.78 is 0. The average molecular weight is 600 g/mol. The topological polar surface area (TPSA) is 144 Å². The van der Waals surface area contributed by atoms with Gasteiger partial charge in [-0.25, -0.2) is 0 Å². The van der Waals surface area contributed by atoms with Gasteiger partial charge in [0.2, 0.25) is 0 Å². The van der Waals surface area contributed by atoms with E-state index in [1.165, 1.54) is 31.4 Å². The number of nitrogens with two attached hydrogens (primary N) is 1. The number of primary amides is 1. The van der Waals surface area contributed by atoms with E-state index in [-0.39, 0.29) is 23.3 Å². The first-order chi connectivity index (χ1) is 20.7. The average Bonchev–Trinajstić information content (AvgIpc) is 3.44. The third-order valence-corrected chi connectivity index (χ3v) is 11.0. The molecule has 232 valence electrons. The maximum Gasteiger partial charge on any atom is 0.255 e. The number of Topliss-reactive ketones (excluding diaryl/α,β-unsaturated/α-hetero) is 2. The Morgan fingerprint density at radius 1 is 1.00 bits per heavy atom. The first-order valence-corrected chi connectivity index (χ1v) is 15.3. The molecule has 4 aliphatic rings. The summed E-state index contributed by atoms with van der Waals surface area (Å²) in [7, 11) is 3.45. The van der Waals surface area contributed by atoms with Crippen LogP contribution in [0.4, 0.5) is 0 Å². The number of allylic oxidation sites excluding steroid dienone is 2. The van der Waals surface area contributed by atoms with Gasteiger partial charge in [-0.1, -0.05) is 44.2 Å². The molecule has 5 N–H and O–H groups in total. The molecule has 2 unspecified atom stereocenters. The van der Waals surface area contributed by atoms with E-state index >= 15 is 0 Å². The number of aliphatic hydroxyl groups excluding tert-OH is 2. The zero-order valence-corrected chi connectivity index (χ0v) is 26.0. The highest BCUT2D eigenvalue weighted by Crippen LogP contribution is 2.66. The number of ketones is 2. The SMILES string of the molecule is CN(C)C1C(O)=C(C(N)=O)C(=O)C2(C)C(O)=C3C(=O)c4c(O)ccc(-c5ccc(CN6CCCC6)cc5)c4C[C@@]3(C)C[C@@]12C. The first-order valence-electron chi connectivity index (χ1n) is 15.3. The highest BCUT2D eigenvalue weighted by molar-refractivity contribution is 6.24. The molecule has 3 aliphatic carbocycles. The van der Waals surface area contributed by atoms with Crippen LogP contribution in [0.3, 0.4) is 0 Å². The number of phenolic OH excluding ortho intramolecular Hbond substituents is 1. The normalized spacial score (nSPS) is 30.5. The van der Waals surface area contributed by atoms with E-state index in [0.29, 0.717) is 12.0 Å². The van der Waals surface area contributed by atoms with Crippen LogP contribution in [0.1, 0.15) is 61.5 Å². The lowest BCUT2D eigenvalue weighted by Gasteiger charge is -2.60. The van der Waals surface area contributed by atoms with Crippen LogP contribution in [-0.4, -0.2) is 75.8 Å². The molecule has 1 saturated heterocycles. The number of hydrogen-bond donors (Lipinski definition) is 4. The van der Waals surface area contributed by atoms with Crippen LogP contribution < -0.4 is 5.73 Å². The van der Waals surface area contributed by atoms with Gasteiger partial charge in [-0.15, -0.1) is 0 Å². The van der Waals surface area contributed by atoms with Crippen LogP contribution in [0.25, 0.3) is 11.1 Å². The predicted octanol–water partition coefficient (Wildman–Crippen LogP) is 4.44. The fourth-order valence-electron chi connectivity index (χ4n) is 8.86. The van der Waals surface area contributed by atoms with Gasteiger partial charge < -0.3 is 21.1 Å². The summed E-state index contributed by atoms with van der Waals surface area (Å²) in [5.41, 5.74) is 4.95. The van der Waals surface area contributed by atoms with Gasteiger partial charge >= 0.3 is 0 Å². The Balaban J connectivity index is 1.50. The van der Waals surface area contributed by atoms with Crippen molar-refractivity contribution in [3.8, 4) is 16.9 Å². The molecule has 9 nitrogen and oxygen atoms in total. The Labute approximate surface area is 257 Å². The zero-order chi connectivity index (χ0) is 31.9. The summed E-state index contributed by atoms with van der Waals surface area (Å²) in [6.45, 7) is 8.31. The van der Waals surface area contributed by atoms with E-state index in [1.54, 1.807) is 19.0 Å². The molecule has 0 radical (unpaired) electrons. The summed E-state index contributed by atoms with van der Waals surface area (Å²) in [4.78, 5) is 45.0. The van der Waals surface area contributed by atoms with Gasteiger partial charge in [0.15, 0.2) is 11.6 Å². The molecule has 1 fully saturated rings. The van der Waals surface area contributed by atoms with Gasteiger partial charge in [0.25, 0.3) is 5.91 Å². The van der Waals surface area contributed by atoms with Gasteiger partial charge in [0.05, 0.1) is 17.0 Å². The van der Waals surface area contributed by atoms with Gasteiger partial charge in [-0.2, -0.15) is 0 Å². The summed E-state index contributed by atoms with van der Waals surface area (Å²) in [5, 5.41) is 34.4. The quantitative estimate of drug-likeness (QED) is 0.370. The number of aromatic hydroxyl groups is 1. The first kappa shape index (κ1) is 30.1. The van der Waals surface area contributed by atoms with Gasteiger partial charge in [-0.3, -0.25) is 24.2 Å². The summed E-state index contributed by atoms with van der Waals surface area (Å²) >= 11 is 0. The van der Waals surface area contributed by atoms with Crippen molar-refractivity contribution in [1.29, 1.82) is 0 Å². The van der Waals surface area contributed by atoms with Crippen LogP contribution in [0.5, 0.6) is 5.75 Å². The van der Waals surface area contributed by atoms with E-state index in [2.05, 4.69) is 17.0 Å².